The van der Waals surface area contributed by atoms with Gasteiger partial charge in [-0.2, -0.15) is 0 Å². The summed E-state index contributed by atoms with van der Waals surface area (Å²) in [6.07, 6.45) is 1.44. The molecule has 1 aliphatic rings. The van der Waals surface area contributed by atoms with Crippen molar-refractivity contribution in [2.75, 3.05) is 29.2 Å². The van der Waals surface area contributed by atoms with Crippen LogP contribution < -0.4 is 26.0 Å². The lowest BCUT2D eigenvalue weighted by atomic mass is 10.2. The van der Waals surface area contributed by atoms with Gasteiger partial charge in [-0.1, -0.05) is 30.3 Å². The molecule has 8 heteroatoms. The molecule has 0 bridgehead atoms. The van der Waals surface area contributed by atoms with Crippen LogP contribution in [0.4, 0.5) is 22.9 Å². The van der Waals surface area contributed by atoms with Gasteiger partial charge >= 0.3 is 0 Å². The third-order valence-corrected chi connectivity index (χ3v) is 4.81. The van der Waals surface area contributed by atoms with E-state index in [-0.39, 0.29) is 12.5 Å². The molecule has 2 heterocycles. The van der Waals surface area contributed by atoms with Crippen molar-refractivity contribution < 1.29 is 14.3 Å². The van der Waals surface area contributed by atoms with Gasteiger partial charge in [0.2, 0.25) is 0 Å². The first-order valence-corrected chi connectivity index (χ1v) is 9.39. The second-order valence-corrected chi connectivity index (χ2v) is 6.87. The van der Waals surface area contributed by atoms with Gasteiger partial charge in [-0.3, -0.25) is 9.59 Å². The van der Waals surface area contributed by atoms with Gasteiger partial charge in [-0.05, 0) is 23.8 Å². The Morgan fingerprint density at radius 1 is 1.20 bits per heavy atom. The summed E-state index contributed by atoms with van der Waals surface area (Å²) in [5, 5.41) is 6.44. The Hall–Kier alpha value is -4.07. The number of likely N-dealkylation sites (N-methyl/N-ethyl adjacent to an activating group) is 1. The first-order valence-electron chi connectivity index (χ1n) is 9.39. The molecule has 0 saturated carbocycles. The zero-order chi connectivity index (χ0) is 21.1. The molecule has 0 unspecified atom stereocenters. The third-order valence-electron chi connectivity index (χ3n) is 4.81. The van der Waals surface area contributed by atoms with E-state index in [2.05, 4.69) is 15.6 Å². The Bertz CT molecular complexity index is 1100. The van der Waals surface area contributed by atoms with Crippen LogP contribution in [0.15, 0.2) is 60.8 Å². The smallest absolute Gasteiger partial charge is 0.264 e. The summed E-state index contributed by atoms with van der Waals surface area (Å²) in [4.78, 5) is 29.5. The number of hydrogen-bond donors (Lipinski definition) is 3. The van der Waals surface area contributed by atoms with E-state index in [0.717, 1.165) is 11.3 Å². The maximum absolute atomic E-state index is 11.9. The second kappa shape index (κ2) is 8.12. The van der Waals surface area contributed by atoms with Crippen LogP contribution in [0.2, 0.25) is 0 Å². The lowest BCUT2D eigenvalue weighted by Crippen LogP contribution is -2.35. The molecule has 30 heavy (non-hydrogen) atoms. The van der Waals surface area contributed by atoms with Gasteiger partial charge in [0, 0.05) is 31.5 Å². The van der Waals surface area contributed by atoms with Crippen LogP contribution >= 0.6 is 0 Å². The molecule has 4 N–H and O–H groups in total. The van der Waals surface area contributed by atoms with Gasteiger partial charge in [-0.15, -0.1) is 0 Å². The van der Waals surface area contributed by atoms with E-state index < -0.39 is 5.91 Å². The topological polar surface area (TPSA) is 110 Å². The highest BCUT2D eigenvalue weighted by atomic mass is 16.5. The predicted octanol–water partition coefficient (Wildman–Crippen LogP) is 2.89. The molecule has 2 aromatic carbocycles. The lowest BCUT2D eigenvalue weighted by molar-refractivity contribution is -0.120. The van der Waals surface area contributed by atoms with E-state index in [0.29, 0.717) is 35.1 Å². The van der Waals surface area contributed by atoms with E-state index in [1.165, 1.54) is 6.20 Å². The number of rotatable bonds is 6. The maximum atomic E-state index is 11.9. The van der Waals surface area contributed by atoms with Gasteiger partial charge < -0.3 is 26.0 Å². The number of pyridine rings is 1. The number of nitrogens with one attached hydrogen (secondary N) is 2. The van der Waals surface area contributed by atoms with Crippen molar-refractivity contribution >= 4 is 34.7 Å². The average molecular weight is 403 g/mol. The summed E-state index contributed by atoms with van der Waals surface area (Å²) in [7, 11) is 1.71. The van der Waals surface area contributed by atoms with Crippen LogP contribution in [-0.4, -0.2) is 30.5 Å². The molecule has 1 aliphatic heterocycles. The third kappa shape index (κ3) is 4.02. The Kier molecular flexibility index (Phi) is 5.21. The van der Waals surface area contributed by atoms with Gasteiger partial charge in [0.15, 0.2) is 6.61 Å². The zero-order valence-corrected chi connectivity index (χ0v) is 16.4. The molecule has 3 aromatic rings. The monoisotopic (exact) mass is 403 g/mol. The number of hydrogen-bond acceptors (Lipinski definition) is 6. The van der Waals surface area contributed by atoms with Crippen LogP contribution in [0.5, 0.6) is 5.75 Å². The number of amides is 2. The summed E-state index contributed by atoms with van der Waals surface area (Å²) >= 11 is 0. The minimum Gasteiger partial charge on any atom is -0.482 e. The van der Waals surface area contributed by atoms with Crippen molar-refractivity contribution in [2.24, 2.45) is 5.73 Å². The number of primary amides is 1. The number of anilines is 4. The molecule has 0 atom stereocenters. The number of carbonyl (C=O) groups is 2. The number of nitrogens with two attached hydrogens (primary N) is 1. The maximum Gasteiger partial charge on any atom is 0.264 e. The highest BCUT2D eigenvalue weighted by molar-refractivity contribution is 5.99. The summed E-state index contributed by atoms with van der Waals surface area (Å²) in [6.45, 7) is 0.566. The quantitative estimate of drug-likeness (QED) is 0.584. The number of aromatic nitrogens is 1. The molecule has 2 amide bonds. The van der Waals surface area contributed by atoms with E-state index in [1.807, 2.05) is 42.5 Å². The molecule has 1 aromatic heterocycles. The molecular formula is C22H21N5O3. The lowest BCUT2D eigenvalue weighted by Gasteiger charge is -2.26. The van der Waals surface area contributed by atoms with Crippen molar-refractivity contribution in [3.05, 3.63) is 71.9 Å². The van der Waals surface area contributed by atoms with Crippen molar-refractivity contribution in [1.29, 1.82) is 0 Å². The van der Waals surface area contributed by atoms with Gasteiger partial charge in [0.25, 0.3) is 11.8 Å². The molecule has 0 radical (unpaired) electrons. The van der Waals surface area contributed by atoms with E-state index in [9.17, 15) is 9.59 Å². The fourth-order valence-corrected chi connectivity index (χ4v) is 3.16. The minimum absolute atomic E-state index is 0.0306. The van der Waals surface area contributed by atoms with Crippen molar-refractivity contribution in [3.8, 4) is 5.75 Å². The fourth-order valence-electron chi connectivity index (χ4n) is 3.16. The molecule has 4 rings (SSSR count). The molecular weight excluding hydrogens is 382 g/mol. The van der Waals surface area contributed by atoms with Crippen LogP contribution in [0.1, 0.15) is 15.9 Å². The summed E-state index contributed by atoms with van der Waals surface area (Å²) in [6, 6.07) is 17.0. The van der Waals surface area contributed by atoms with Crippen LogP contribution in [0.25, 0.3) is 0 Å². The Labute approximate surface area is 173 Å². The van der Waals surface area contributed by atoms with Gasteiger partial charge in [-0.25, -0.2) is 4.98 Å². The second-order valence-electron chi connectivity index (χ2n) is 6.87. The van der Waals surface area contributed by atoms with Crippen molar-refractivity contribution in [3.63, 3.8) is 0 Å². The van der Waals surface area contributed by atoms with Gasteiger partial charge in [0.1, 0.15) is 11.6 Å². The Balaban J connectivity index is 1.57. The Morgan fingerprint density at radius 3 is 2.77 bits per heavy atom. The zero-order valence-electron chi connectivity index (χ0n) is 16.4. The summed E-state index contributed by atoms with van der Waals surface area (Å²) in [5.74, 6) is 0.498. The van der Waals surface area contributed by atoms with Crippen LogP contribution in [0, 0.1) is 0 Å². The highest BCUT2D eigenvalue weighted by Gasteiger charge is 2.22. The number of benzene rings is 2. The van der Waals surface area contributed by atoms with E-state index in [1.54, 1.807) is 24.1 Å². The van der Waals surface area contributed by atoms with Crippen LogP contribution in [-0.2, 0) is 11.3 Å². The van der Waals surface area contributed by atoms with Crippen molar-refractivity contribution in [1.82, 2.24) is 4.98 Å². The molecule has 0 aliphatic carbocycles. The molecule has 152 valence electrons. The number of nitrogens with zero attached hydrogens (tertiary/aromatic N) is 2. The van der Waals surface area contributed by atoms with E-state index >= 15 is 0 Å². The fraction of sp³-hybridized carbons (Fsp3) is 0.136. The number of fused-ring (bicyclic) bond motifs is 1. The van der Waals surface area contributed by atoms with Crippen molar-refractivity contribution in [2.45, 2.75) is 6.54 Å². The molecule has 0 saturated heterocycles. The summed E-state index contributed by atoms with van der Waals surface area (Å²) < 4.78 is 5.45. The van der Waals surface area contributed by atoms with E-state index in [4.69, 9.17) is 10.5 Å². The van der Waals surface area contributed by atoms with Crippen LogP contribution in [0.3, 0.4) is 0 Å². The average Bonchev–Trinajstić information content (AvgIpc) is 2.76. The first kappa shape index (κ1) is 19.3. The Morgan fingerprint density at radius 2 is 2.00 bits per heavy atom. The molecule has 0 fully saturated rings. The number of ether oxygens (including phenoxy) is 1. The first-order chi connectivity index (χ1) is 14.5. The molecule has 8 nitrogen and oxygen atoms in total. The highest BCUT2D eigenvalue weighted by Crippen LogP contribution is 2.34. The standard InChI is InChI=1S/C22H21N5O3/c1-27-18-9-15(7-8-19(18)30-13-21(27)28)26-20-10-17(16(12-25-20)22(23)29)24-11-14-5-3-2-4-6-14/h2-10,12H,11,13H2,1H3,(H2,23,29)(H2,24,25,26). The minimum atomic E-state index is -0.560. The number of carbonyl (C=O) groups excluding carboxylic acids is 2. The predicted molar refractivity (Wildman–Crippen MR) is 115 cm³/mol. The van der Waals surface area contributed by atoms with Gasteiger partial charge in [0.05, 0.1) is 16.9 Å². The molecule has 0 spiro atoms. The largest absolute Gasteiger partial charge is 0.482 e. The normalized spacial score (nSPS) is 12.7. The summed E-state index contributed by atoms with van der Waals surface area (Å²) in [5.41, 5.74) is 8.86. The SMILES string of the molecule is CN1C(=O)COc2ccc(Nc3cc(NCc4ccccc4)c(C(N)=O)cn3)cc21.